The minimum Gasteiger partial charge on any atom is -0.351 e. The molecule has 2 aromatic carbocycles. The summed E-state index contributed by atoms with van der Waals surface area (Å²) in [6.45, 7) is 5.58. The number of alkyl halides is 3. The maximum absolute atomic E-state index is 12.7. The third-order valence-corrected chi connectivity index (χ3v) is 4.55. The second kappa shape index (κ2) is 10.3. The standard InChI is InChI=1S/C22H27ClF3N5O/c1-21(2,3)31-20(29-18(28)12-17(27)13-6-10-16(23)11-7-13)30-19(32)14-4-8-15(9-5-14)22(24,25)26/h4-11,17-18H,12,27-28H2,1-3H3,(H2,29,30,31,32). The van der Waals surface area contributed by atoms with Crippen molar-refractivity contribution in [2.75, 3.05) is 0 Å². The molecule has 32 heavy (non-hydrogen) atoms. The summed E-state index contributed by atoms with van der Waals surface area (Å²) >= 11 is 5.89. The molecule has 2 unspecified atom stereocenters. The van der Waals surface area contributed by atoms with Crippen molar-refractivity contribution in [2.45, 2.75) is 51.1 Å². The molecule has 0 radical (unpaired) electrons. The molecule has 0 bridgehead atoms. The van der Waals surface area contributed by atoms with Crippen molar-refractivity contribution in [3.8, 4) is 0 Å². The highest BCUT2D eigenvalue weighted by Crippen LogP contribution is 2.29. The van der Waals surface area contributed by atoms with E-state index >= 15 is 0 Å². The summed E-state index contributed by atoms with van der Waals surface area (Å²) in [7, 11) is 0. The predicted octanol–water partition coefficient (Wildman–Crippen LogP) is 4.21. The number of benzene rings is 2. The van der Waals surface area contributed by atoms with Crippen molar-refractivity contribution in [1.29, 1.82) is 0 Å². The van der Waals surface area contributed by atoms with Gasteiger partial charge in [-0.05, 0) is 69.2 Å². The van der Waals surface area contributed by atoms with Gasteiger partial charge >= 0.3 is 6.18 Å². The Labute approximate surface area is 190 Å². The molecule has 2 rings (SSSR count). The van der Waals surface area contributed by atoms with E-state index < -0.39 is 35.4 Å². The molecule has 1 amide bonds. The number of nitrogens with zero attached hydrogens (tertiary/aromatic N) is 1. The summed E-state index contributed by atoms with van der Waals surface area (Å²) in [5.41, 5.74) is 11.9. The van der Waals surface area contributed by atoms with Crippen molar-refractivity contribution >= 4 is 23.5 Å². The summed E-state index contributed by atoms with van der Waals surface area (Å²) in [5, 5.41) is 6.57. The van der Waals surface area contributed by atoms with Crippen LogP contribution < -0.4 is 22.1 Å². The number of hydrogen-bond acceptors (Lipinski definition) is 3. The molecule has 0 saturated heterocycles. The van der Waals surface area contributed by atoms with Gasteiger partial charge in [-0.3, -0.25) is 4.79 Å². The molecular weight excluding hydrogens is 443 g/mol. The molecule has 2 atom stereocenters. The SMILES string of the molecule is CC(C)(C)N/C(=N/C(=O)c1ccc(C(F)(F)F)cc1)NC(N)CC(N)c1ccc(Cl)cc1. The van der Waals surface area contributed by atoms with Gasteiger partial charge in [0, 0.05) is 22.2 Å². The van der Waals surface area contributed by atoms with Crippen LogP contribution in [0.5, 0.6) is 0 Å². The van der Waals surface area contributed by atoms with Crippen LogP contribution in [0.25, 0.3) is 0 Å². The van der Waals surface area contributed by atoms with Crippen molar-refractivity contribution < 1.29 is 18.0 Å². The third-order valence-electron chi connectivity index (χ3n) is 4.29. The molecule has 10 heteroatoms. The van der Waals surface area contributed by atoms with Gasteiger partial charge in [-0.1, -0.05) is 23.7 Å². The molecule has 0 fully saturated rings. The first-order chi connectivity index (χ1) is 14.7. The average Bonchev–Trinajstić information content (AvgIpc) is 2.66. The van der Waals surface area contributed by atoms with Crippen LogP contribution in [0.2, 0.25) is 5.02 Å². The zero-order valence-electron chi connectivity index (χ0n) is 18.0. The Morgan fingerprint density at radius 1 is 1.03 bits per heavy atom. The van der Waals surface area contributed by atoms with Gasteiger partial charge in [0.1, 0.15) is 0 Å². The van der Waals surface area contributed by atoms with Gasteiger partial charge in [-0.15, -0.1) is 0 Å². The Bertz CT molecular complexity index is 938. The number of nitrogens with one attached hydrogen (secondary N) is 2. The molecule has 6 N–H and O–H groups in total. The first-order valence-corrected chi connectivity index (χ1v) is 10.2. The van der Waals surface area contributed by atoms with E-state index in [1.54, 1.807) is 24.3 Å². The summed E-state index contributed by atoms with van der Waals surface area (Å²) < 4.78 is 38.2. The lowest BCUT2D eigenvalue weighted by atomic mass is 10.0. The van der Waals surface area contributed by atoms with Crippen LogP contribution in [-0.4, -0.2) is 23.6 Å². The van der Waals surface area contributed by atoms with Gasteiger partial charge < -0.3 is 22.1 Å². The normalized spacial score (nSPS) is 14.6. The number of amides is 1. The molecule has 174 valence electrons. The third kappa shape index (κ3) is 8.14. The number of aliphatic imine (C=N–C) groups is 1. The molecule has 0 spiro atoms. The van der Waals surface area contributed by atoms with Crippen LogP contribution in [0.3, 0.4) is 0 Å². The molecule has 0 aliphatic heterocycles. The first kappa shape index (κ1) is 25.6. The quantitative estimate of drug-likeness (QED) is 0.298. The first-order valence-electron chi connectivity index (χ1n) is 9.86. The molecule has 6 nitrogen and oxygen atoms in total. The summed E-state index contributed by atoms with van der Waals surface area (Å²) in [6, 6.07) is 10.5. The van der Waals surface area contributed by atoms with Crippen molar-refractivity contribution in [1.82, 2.24) is 10.6 Å². The van der Waals surface area contributed by atoms with Gasteiger partial charge in [0.15, 0.2) is 0 Å². The average molecular weight is 470 g/mol. The fourth-order valence-electron chi connectivity index (χ4n) is 2.77. The summed E-state index contributed by atoms with van der Waals surface area (Å²) in [5.74, 6) is -0.620. The van der Waals surface area contributed by atoms with Gasteiger partial charge in [0.25, 0.3) is 5.91 Å². The van der Waals surface area contributed by atoms with Crippen LogP contribution in [-0.2, 0) is 6.18 Å². The minimum absolute atomic E-state index is 0.0134. The van der Waals surface area contributed by atoms with Gasteiger partial charge in [-0.2, -0.15) is 18.2 Å². The van der Waals surface area contributed by atoms with Crippen LogP contribution in [0.4, 0.5) is 13.2 Å². The molecule has 0 aliphatic rings. The molecule has 0 heterocycles. The van der Waals surface area contributed by atoms with Gasteiger partial charge in [0.05, 0.1) is 11.7 Å². The molecule has 0 saturated carbocycles. The second-order valence-electron chi connectivity index (χ2n) is 8.36. The van der Waals surface area contributed by atoms with Crippen molar-refractivity contribution in [3.63, 3.8) is 0 Å². The lowest BCUT2D eigenvalue weighted by Gasteiger charge is -2.27. The van der Waals surface area contributed by atoms with Gasteiger partial charge in [0.2, 0.25) is 5.96 Å². The van der Waals surface area contributed by atoms with E-state index in [1.165, 1.54) is 0 Å². The van der Waals surface area contributed by atoms with Gasteiger partial charge in [-0.25, -0.2) is 0 Å². The number of halogens is 4. The topological polar surface area (TPSA) is 106 Å². The Kier molecular flexibility index (Phi) is 8.28. The Morgan fingerprint density at radius 3 is 2.09 bits per heavy atom. The fourth-order valence-corrected chi connectivity index (χ4v) is 2.90. The van der Waals surface area contributed by atoms with Crippen molar-refractivity contribution in [2.24, 2.45) is 16.5 Å². The van der Waals surface area contributed by atoms with Crippen LogP contribution in [0.1, 0.15) is 54.7 Å². The predicted molar refractivity (Wildman–Crippen MR) is 120 cm³/mol. The van der Waals surface area contributed by atoms with E-state index in [-0.39, 0.29) is 11.5 Å². The van der Waals surface area contributed by atoms with Crippen LogP contribution >= 0.6 is 11.6 Å². The Hall–Kier alpha value is -2.62. The zero-order chi connectivity index (χ0) is 24.1. The number of nitrogens with two attached hydrogens (primary N) is 2. The van der Waals surface area contributed by atoms with E-state index in [2.05, 4.69) is 15.6 Å². The second-order valence-corrected chi connectivity index (χ2v) is 8.80. The van der Waals surface area contributed by atoms with Crippen LogP contribution in [0.15, 0.2) is 53.5 Å². The largest absolute Gasteiger partial charge is 0.416 e. The van der Waals surface area contributed by atoms with E-state index in [0.29, 0.717) is 11.4 Å². The number of guanidine groups is 1. The van der Waals surface area contributed by atoms with E-state index in [4.69, 9.17) is 23.1 Å². The molecule has 0 aromatic heterocycles. The van der Waals surface area contributed by atoms with E-state index in [1.807, 2.05) is 20.8 Å². The van der Waals surface area contributed by atoms with E-state index in [0.717, 1.165) is 29.8 Å². The smallest absolute Gasteiger partial charge is 0.351 e. The minimum atomic E-state index is -4.49. The number of hydrogen-bond donors (Lipinski definition) is 4. The number of carbonyl (C=O) groups excluding carboxylic acids is 1. The molecule has 0 aliphatic carbocycles. The Morgan fingerprint density at radius 2 is 1.59 bits per heavy atom. The highest BCUT2D eigenvalue weighted by molar-refractivity contribution is 6.30. The maximum atomic E-state index is 12.7. The molecular formula is C22H27ClF3N5O. The summed E-state index contributed by atoms with van der Waals surface area (Å²) in [4.78, 5) is 16.5. The monoisotopic (exact) mass is 469 g/mol. The highest BCUT2D eigenvalue weighted by Gasteiger charge is 2.30. The lowest BCUT2D eigenvalue weighted by Crippen LogP contribution is -2.54. The zero-order valence-corrected chi connectivity index (χ0v) is 18.8. The van der Waals surface area contributed by atoms with E-state index in [9.17, 15) is 18.0 Å². The Balaban J connectivity index is 2.14. The van der Waals surface area contributed by atoms with Crippen LogP contribution in [0, 0.1) is 0 Å². The lowest BCUT2D eigenvalue weighted by molar-refractivity contribution is -0.137. The highest BCUT2D eigenvalue weighted by atomic mass is 35.5. The molecule has 2 aromatic rings. The number of carbonyl (C=O) groups is 1. The number of rotatable bonds is 5. The summed E-state index contributed by atoms with van der Waals surface area (Å²) in [6.07, 6.45) is -4.82. The fraction of sp³-hybridized carbons (Fsp3) is 0.364. The van der Waals surface area contributed by atoms with Crippen molar-refractivity contribution in [3.05, 3.63) is 70.2 Å². The maximum Gasteiger partial charge on any atom is 0.416 e.